The van der Waals surface area contributed by atoms with E-state index in [0.29, 0.717) is 0 Å². The molecule has 3 aromatic carbocycles. The monoisotopic (exact) mass is 619 g/mol. The molecule has 0 radical (unpaired) electrons. The molecule has 0 unspecified atom stereocenters. The minimum atomic E-state index is -4.30. The van der Waals surface area contributed by atoms with Gasteiger partial charge in [0.1, 0.15) is 18.4 Å². The van der Waals surface area contributed by atoms with E-state index in [-0.39, 0.29) is 44.7 Å². The molecule has 0 aromatic heterocycles. The molecule has 0 aliphatic heterocycles. The number of sulfonamides is 1. The lowest BCUT2D eigenvalue weighted by Crippen LogP contribution is -2.53. The van der Waals surface area contributed by atoms with Crippen molar-refractivity contribution in [2.45, 2.75) is 62.6 Å². The van der Waals surface area contributed by atoms with Gasteiger partial charge in [0.2, 0.25) is 11.8 Å². The number of hydrogen-bond acceptors (Lipinski definition) is 4. The third-order valence-corrected chi connectivity index (χ3v) is 9.53. The molecule has 0 heterocycles. The fraction of sp³-hybridized carbons (Fsp3) is 0.333. The van der Waals surface area contributed by atoms with E-state index in [2.05, 4.69) is 5.32 Å². The molecule has 11 heteroatoms. The Balaban J connectivity index is 1.71. The smallest absolute Gasteiger partial charge is 0.264 e. The van der Waals surface area contributed by atoms with Crippen LogP contribution in [0, 0.1) is 5.82 Å². The molecule has 0 saturated heterocycles. The summed E-state index contributed by atoms with van der Waals surface area (Å²) in [7, 11) is -4.30. The Bertz CT molecular complexity index is 1480. The first-order chi connectivity index (χ1) is 19.6. The maximum absolute atomic E-state index is 14.7. The standard InChI is InChI=1S/C30H32Cl2FN3O4S/c1-21(30(38)34-24-11-4-2-5-12-24)35(19-22-10-8-9-15-27(22)33)29(37)20-36(28-18-23(31)16-17-26(28)32)41(39,40)25-13-6-3-7-14-25/h3,6-10,13-18,21,24H,2,4-5,11-12,19-20H2,1H3,(H,34,38)/t21-/m0/s1. The zero-order chi connectivity index (χ0) is 29.6. The van der Waals surface area contributed by atoms with Gasteiger partial charge in [-0.15, -0.1) is 0 Å². The van der Waals surface area contributed by atoms with Crippen LogP contribution in [-0.2, 0) is 26.2 Å². The normalized spacial score (nSPS) is 14.7. The summed E-state index contributed by atoms with van der Waals surface area (Å²) in [6.45, 7) is 0.610. The highest BCUT2D eigenvalue weighted by Gasteiger charge is 2.34. The van der Waals surface area contributed by atoms with Crippen LogP contribution in [-0.4, -0.2) is 43.8 Å². The number of benzene rings is 3. The predicted octanol–water partition coefficient (Wildman–Crippen LogP) is 6.19. The molecule has 4 rings (SSSR count). The maximum atomic E-state index is 14.7. The lowest BCUT2D eigenvalue weighted by molar-refractivity contribution is -0.139. The first-order valence-electron chi connectivity index (χ1n) is 13.4. The van der Waals surface area contributed by atoms with Gasteiger partial charge in [0.15, 0.2) is 0 Å². The molecule has 3 aromatic rings. The van der Waals surface area contributed by atoms with Crippen molar-refractivity contribution in [3.8, 4) is 0 Å². The van der Waals surface area contributed by atoms with E-state index in [1.54, 1.807) is 31.2 Å². The van der Waals surface area contributed by atoms with Gasteiger partial charge in [-0.25, -0.2) is 12.8 Å². The van der Waals surface area contributed by atoms with E-state index in [0.717, 1.165) is 36.4 Å². The molecular weight excluding hydrogens is 588 g/mol. The van der Waals surface area contributed by atoms with Gasteiger partial charge in [-0.05, 0) is 56.2 Å². The number of carbonyl (C=O) groups excluding carboxylic acids is 2. The number of nitrogens with one attached hydrogen (secondary N) is 1. The molecule has 1 saturated carbocycles. The van der Waals surface area contributed by atoms with Gasteiger partial charge in [-0.1, -0.05) is 78.9 Å². The maximum Gasteiger partial charge on any atom is 0.264 e. The number of halogens is 3. The minimum Gasteiger partial charge on any atom is -0.352 e. The number of nitrogens with zero attached hydrogens (tertiary/aromatic N) is 2. The minimum absolute atomic E-state index is 0.00141. The lowest BCUT2D eigenvalue weighted by Gasteiger charge is -2.33. The van der Waals surface area contributed by atoms with E-state index in [9.17, 15) is 22.4 Å². The Morgan fingerprint density at radius 1 is 0.976 bits per heavy atom. The van der Waals surface area contributed by atoms with E-state index in [1.165, 1.54) is 53.4 Å². The zero-order valence-electron chi connectivity index (χ0n) is 22.6. The van der Waals surface area contributed by atoms with Crippen LogP contribution in [0.25, 0.3) is 0 Å². The van der Waals surface area contributed by atoms with Crippen LogP contribution < -0.4 is 9.62 Å². The first-order valence-corrected chi connectivity index (χ1v) is 15.6. The fourth-order valence-electron chi connectivity index (χ4n) is 4.87. The second-order valence-electron chi connectivity index (χ2n) is 10.1. The van der Waals surface area contributed by atoms with Crippen molar-refractivity contribution in [2.24, 2.45) is 0 Å². The van der Waals surface area contributed by atoms with Crippen LogP contribution in [0.4, 0.5) is 10.1 Å². The number of amides is 2. The van der Waals surface area contributed by atoms with Crippen LogP contribution in [0.3, 0.4) is 0 Å². The van der Waals surface area contributed by atoms with Gasteiger partial charge in [0.05, 0.1) is 15.6 Å². The summed E-state index contributed by atoms with van der Waals surface area (Å²) in [5.74, 6) is -1.65. The van der Waals surface area contributed by atoms with Crippen molar-refractivity contribution in [1.29, 1.82) is 0 Å². The van der Waals surface area contributed by atoms with E-state index >= 15 is 0 Å². The lowest BCUT2D eigenvalue weighted by atomic mass is 9.95. The Kier molecular flexibility index (Phi) is 10.3. The summed E-state index contributed by atoms with van der Waals surface area (Å²) >= 11 is 12.6. The molecule has 2 amide bonds. The summed E-state index contributed by atoms with van der Waals surface area (Å²) in [5.41, 5.74) is 0.193. The molecule has 0 bridgehead atoms. The summed E-state index contributed by atoms with van der Waals surface area (Å²) in [5, 5.41) is 3.29. The van der Waals surface area contributed by atoms with Crippen molar-refractivity contribution in [1.82, 2.24) is 10.2 Å². The molecule has 0 spiro atoms. The average molecular weight is 621 g/mol. The van der Waals surface area contributed by atoms with Gasteiger partial charge < -0.3 is 10.2 Å². The van der Waals surface area contributed by atoms with Crippen LogP contribution >= 0.6 is 23.2 Å². The van der Waals surface area contributed by atoms with Gasteiger partial charge in [0.25, 0.3) is 10.0 Å². The van der Waals surface area contributed by atoms with Crippen molar-refractivity contribution < 1.29 is 22.4 Å². The van der Waals surface area contributed by atoms with Gasteiger partial charge in [-0.3, -0.25) is 13.9 Å². The summed E-state index contributed by atoms with van der Waals surface area (Å²) in [4.78, 5) is 28.5. The molecule has 1 fully saturated rings. The third kappa shape index (κ3) is 7.58. The number of carbonyl (C=O) groups is 2. The number of anilines is 1. The second-order valence-corrected chi connectivity index (χ2v) is 12.8. The van der Waals surface area contributed by atoms with E-state index in [4.69, 9.17) is 23.2 Å². The topological polar surface area (TPSA) is 86.8 Å². The molecule has 218 valence electrons. The average Bonchev–Trinajstić information content (AvgIpc) is 2.97. The molecule has 1 aliphatic carbocycles. The van der Waals surface area contributed by atoms with Crippen LogP contribution in [0.1, 0.15) is 44.6 Å². The molecule has 1 atom stereocenters. The molecule has 1 N–H and O–H groups in total. The van der Waals surface area contributed by atoms with E-state index in [1.807, 2.05) is 0 Å². The second kappa shape index (κ2) is 13.7. The Labute approximate surface area is 250 Å². The zero-order valence-corrected chi connectivity index (χ0v) is 24.9. The number of hydrogen-bond donors (Lipinski definition) is 1. The van der Waals surface area contributed by atoms with Crippen molar-refractivity contribution >= 4 is 50.7 Å². The van der Waals surface area contributed by atoms with E-state index < -0.39 is 34.3 Å². The third-order valence-electron chi connectivity index (χ3n) is 7.20. The molecule has 41 heavy (non-hydrogen) atoms. The SMILES string of the molecule is C[C@@H](C(=O)NC1CCCCC1)N(Cc1ccccc1F)C(=O)CN(c1cc(Cl)ccc1Cl)S(=O)(=O)c1ccccc1. The number of rotatable bonds is 10. The molecular formula is C30H32Cl2FN3O4S. The first kappa shape index (κ1) is 30.8. The van der Waals surface area contributed by atoms with Crippen molar-refractivity contribution in [3.05, 3.63) is 94.2 Å². The Hall–Kier alpha value is -3.14. The summed E-state index contributed by atoms with van der Waals surface area (Å²) in [6, 6.07) is 16.8. The largest absolute Gasteiger partial charge is 0.352 e. The van der Waals surface area contributed by atoms with Gasteiger partial charge in [0, 0.05) is 23.2 Å². The van der Waals surface area contributed by atoms with Gasteiger partial charge >= 0.3 is 0 Å². The predicted molar refractivity (Wildman–Crippen MR) is 159 cm³/mol. The van der Waals surface area contributed by atoms with Crippen molar-refractivity contribution in [2.75, 3.05) is 10.8 Å². The summed E-state index contributed by atoms with van der Waals surface area (Å²) in [6.07, 6.45) is 4.80. The molecule has 1 aliphatic rings. The van der Waals surface area contributed by atoms with Crippen LogP contribution in [0.15, 0.2) is 77.7 Å². The Morgan fingerprint density at radius 2 is 1.63 bits per heavy atom. The highest BCUT2D eigenvalue weighted by atomic mass is 35.5. The Morgan fingerprint density at radius 3 is 2.32 bits per heavy atom. The van der Waals surface area contributed by atoms with Gasteiger partial charge in [-0.2, -0.15) is 0 Å². The highest BCUT2D eigenvalue weighted by molar-refractivity contribution is 7.92. The highest BCUT2D eigenvalue weighted by Crippen LogP contribution is 2.33. The quantitative estimate of drug-likeness (QED) is 0.293. The van der Waals surface area contributed by atoms with Crippen molar-refractivity contribution in [3.63, 3.8) is 0 Å². The van der Waals surface area contributed by atoms with Crippen LogP contribution in [0.2, 0.25) is 10.0 Å². The molecule has 7 nitrogen and oxygen atoms in total. The summed E-state index contributed by atoms with van der Waals surface area (Å²) < 4.78 is 43.3. The van der Waals surface area contributed by atoms with Crippen LogP contribution in [0.5, 0.6) is 0 Å². The fourth-order valence-corrected chi connectivity index (χ4v) is 6.75.